The molecule has 1 fully saturated rings. The van der Waals surface area contributed by atoms with Crippen LogP contribution in [0.15, 0.2) is 83.1 Å². The summed E-state index contributed by atoms with van der Waals surface area (Å²) >= 11 is 6.38. The van der Waals surface area contributed by atoms with E-state index in [1.165, 1.54) is 29.8 Å². The summed E-state index contributed by atoms with van der Waals surface area (Å²) in [6.07, 6.45) is 7.10. The van der Waals surface area contributed by atoms with E-state index < -0.39 is 18.0 Å². The first-order chi connectivity index (χ1) is 20.9. The highest BCUT2D eigenvalue weighted by molar-refractivity contribution is 6.31. The molecule has 3 heterocycles. The lowest BCUT2D eigenvalue weighted by molar-refractivity contribution is -0.130. The van der Waals surface area contributed by atoms with Crippen molar-refractivity contribution in [2.45, 2.75) is 31.8 Å². The summed E-state index contributed by atoms with van der Waals surface area (Å²) in [5.74, 6) is 0.888. The fraction of sp³-hybridized carbons (Fsp3) is 0.394. The lowest BCUT2D eigenvalue weighted by Gasteiger charge is -2.37. The average Bonchev–Trinajstić information content (AvgIpc) is 3.38. The van der Waals surface area contributed by atoms with E-state index in [4.69, 9.17) is 21.1 Å². The summed E-state index contributed by atoms with van der Waals surface area (Å²) in [6, 6.07) is 13.0. The van der Waals surface area contributed by atoms with Gasteiger partial charge in [-0.3, -0.25) is 14.6 Å². The van der Waals surface area contributed by atoms with Gasteiger partial charge in [0, 0.05) is 62.8 Å². The van der Waals surface area contributed by atoms with Gasteiger partial charge in [0.25, 0.3) is 0 Å². The molecule has 0 spiro atoms. The van der Waals surface area contributed by atoms with Crippen LogP contribution in [0.2, 0.25) is 0 Å². The van der Waals surface area contributed by atoms with Gasteiger partial charge >= 0.3 is 6.09 Å². The van der Waals surface area contributed by atoms with Crippen LogP contribution in [0.25, 0.3) is 0 Å². The average molecular weight is 607 g/mol. The molecule has 4 aliphatic rings. The number of hydrogen-bond acceptors (Lipinski definition) is 6. The second-order valence-corrected chi connectivity index (χ2v) is 11.8. The highest BCUT2D eigenvalue weighted by Crippen LogP contribution is 2.45. The molecule has 8 nitrogen and oxygen atoms in total. The zero-order valence-corrected chi connectivity index (χ0v) is 24.9. The lowest BCUT2D eigenvalue weighted by atomic mass is 9.85. The summed E-state index contributed by atoms with van der Waals surface area (Å²) in [5, 5.41) is 4.37. The third kappa shape index (κ3) is 6.58. The van der Waals surface area contributed by atoms with E-state index in [0.717, 1.165) is 56.2 Å². The van der Waals surface area contributed by atoms with Gasteiger partial charge in [-0.1, -0.05) is 35.9 Å². The number of carbonyl (C=O) groups is 2. The van der Waals surface area contributed by atoms with Crippen LogP contribution in [0.5, 0.6) is 11.5 Å². The second-order valence-electron chi connectivity index (χ2n) is 11.3. The van der Waals surface area contributed by atoms with Crippen LogP contribution < -0.4 is 14.8 Å². The Bertz CT molecular complexity index is 1450. The number of benzene rings is 2. The fourth-order valence-electron chi connectivity index (χ4n) is 6.38. The normalized spacial score (nSPS) is 23.3. The van der Waals surface area contributed by atoms with Crippen LogP contribution in [0, 0.1) is 11.7 Å². The largest absolute Gasteiger partial charge is 0.494 e. The number of carbonyl (C=O) groups excluding carboxylic acids is 2. The third-order valence-corrected chi connectivity index (χ3v) is 8.85. The maximum Gasteiger partial charge on any atom is 0.416 e. The molecule has 1 saturated heterocycles. The molecule has 0 aromatic heterocycles. The summed E-state index contributed by atoms with van der Waals surface area (Å²) in [7, 11) is 0. The Balaban J connectivity index is 1.17. The molecule has 3 aliphatic heterocycles. The number of rotatable bonds is 7. The summed E-state index contributed by atoms with van der Waals surface area (Å²) in [5.41, 5.74) is 3.12. The smallest absolute Gasteiger partial charge is 0.416 e. The maximum absolute atomic E-state index is 13.5. The molecule has 2 amide bonds. The van der Waals surface area contributed by atoms with Gasteiger partial charge < -0.3 is 19.7 Å². The Kier molecular flexibility index (Phi) is 8.72. The predicted octanol–water partition coefficient (Wildman–Crippen LogP) is 5.24. The standard InChI is InChI=1S/C33H36ClFN4O4/c1-22(40)38-17-15-37(16-18-38)13-3-19-42-27-5-2-4-23(20-27)32-31-28(29-21-24(34)6-11-30(29)36-31)12-14-39(32)33(41)43-26-9-7-25(35)8-10-26/h2,4-11,20-21,29-30,32,36H,3,12-19H2,1H3. The molecule has 10 heteroatoms. The van der Waals surface area contributed by atoms with Crippen LogP contribution in [-0.4, -0.2) is 78.6 Å². The van der Waals surface area contributed by atoms with Crippen molar-refractivity contribution in [1.29, 1.82) is 0 Å². The number of piperazine rings is 1. The van der Waals surface area contributed by atoms with Crippen molar-refractivity contribution in [2.24, 2.45) is 5.92 Å². The van der Waals surface area contributed by atoms with E-state index in [-0.39, 0.29) is 23.6 Å². The van der Waals surface area contributed by atoms with Gasteiger partial charge in [-0.2, -0.15) is 0 Å². The minimum atomic E-state index is -0.500. The van der Waals surface area contributed by atoms with Crippen molar-refractivity contribution in [1.82, 2.24) is 20.0 Å². The van der Waals surface area contributed by atoms with Crippen LogP contribution in [-0.2, 0) is 4.79 Å². The number of fused-ring (bicyclic) bond motifs is 2. The number of nitrogens with one attached hydrogen (secondary N) is 1. The van der Waals surface area contributed by atoms with Gasteiger partial charge in [-0.25, -0.2) is 9.18 Å². The highest BCUT2D eigenvalue weighted by atomic mass is 35.5. The molecule has 3 atom stereocenters. The van der Waals surface area contributed by atoms with E-state index in [2.05, 4.69) is 22.4 Å². The van der Waals surface area contributed by atoms with Crippen molar-refractivity contribution in [2.75, 3.05) is 45.9 Å². The SMILES string of the molecule is CC(=O)N1CCN(CCCOc2cccc(C3C4=C(CCN3C(=O)Oc3ccc(F)cc3)C3C=C(Cl)C=CC3N4)c2)CC1. The number of hydrogen-bond donors (Lipinski definition) is 1. The van der Waals surface area contributed by atoms with Gasteiger partial charge in [0.2, 0.25) is 5.91 Å². The van der Waals surface area contributed by atoms with Crippen molar-refractivity contribution in [3.8, 4) is 11.5 Å². The first kappa shape index (κ1) is 29.3. The minimum absolute atomic E-state index is 0.0693. The van der Waals surface area contributed by atoms with Crippen molar-refractivity contribution < 1.29 is 23.5 Å². The van der Waals surface area contributed by atoms with Gasteiger partial charge in [-0.15, -0.1) is 0 Å². The van der Waals surface area contributed by atoms with Crippen LogP contribution in [0.3, 0.4) is 0 Å². The van der Waals surface area contributed by atoms with E-state index in [9.17, 15) is 14.0 Å². The zero-order chi connectivity index (χ0) is 29.9. The predicted molar refractivity (Wildman–Crippen MR) is 162 cm³/mol. The molecule has 0 radical (unpaired) electrons. The molecular weight excluding hydrogens is 571 g/mol. The Hall–Kier alpha value is -3.82. The van der Waals surface area contributed by atoms with Crippen LogP contribution in [0.1, 0.15) is 31.4 Å². The number of allylic oxidation sites excluding steroid dienone is 2. The number of halogens is 2. The maximum atomic E-state index is 13.5. The molecule has 3 unspecified atom stereocenters. The van der Waals surface area contributed by atoms with Gasteiger partial charge in [-0.05, 0) is 66.5 Å². The second kappa shape index (κ2) is 12.8. The molecule has 1 aliphatic carbocycles. The summed E-state index contributed by atoms with van der Waals surface area (Å²) in [4.78, 5) is 31.1. The molecule has 0 bridgehead atoms. The Labute approximate surface area is 256 Å². The first-order valence-corrected chi connectivity index (χ1v) is 15.2. The van der Waals surface area contributed by atoms with Gasteiger partial charge in [0.15, 0.2) is 0 Å². The Morgan fingerprint density at radius 1 is 1.05 bits per heavy atom. The third-order valence-electron chi connectivity index (χ3n) is 8.60. The molecule has 6 rings (SSSR count). The zero-order valence-electron chi connectivity index (χ0n) is 24.2. The van der Waals surface area contributed by atoms with E-state index in [1.54, 1.807) is 11.8 Å². The molecule has 2 aromatic carbocycles. The van der Waals surface area contributed by atoms with Crippen molar-refractivity contribution in [3.63, 3.8) is 0 Å². The van der Waals surface area contributed by atoms with E-state index in [1.807, 2.05) is 35.2 Å². The lowest BCUT2D eigenvalue weighted by Crippen LogP contribution is -2.48. The Morgan fingerprint density at radius 3 is 2.60 bits per heavy atom. The molecule has 1 N–H and O–H groups in total. The molecular formula is C33H36ClFN4O4. The number of amides is 2. The summed E-state index contributed by atoms with van der Waals surface area (Å²) in [6.45, 7) is 6.84. The minimum Gasteiger partial charge on any atom is -0.494 e. The fourth-order valence-corrected chi connectivity index (χ4v) is 6.59. The quantitative estimate of drug-likeness (QED) is 0.435. The molecule has 2 aromatic rings. The van der Waals surface area contributed by atoms with E-state index in [0.29, 0.717) is 24.6 Å². The van der Waals surface area contributed by atoms with Crippen molar-refractivity contribution >= 4 is 23.6 Å². The van der Waals surface area contributed by atoms with E-state index >= 15 is 0 Å². The van der Waals surface area contributed by atoms with Gasteiger partial charge in [0.05, 0.1) is 12.6 Å². The van der Waals surface area contributed by atoms with Crippen LogP contribution >= 0.6 is 11.6 Å². The topological polar surface area (TPSA) is 74.4 Å². The van der Waals surface area contributed by atoms with Gasteiger partial charge in [0.1, 0.15) is 23.4 Å². The Morgan fingerprint density at radius 2 is 1.84 bits per heavy atom. The number of ether oxygens (including phenoxy) is 2. The molecule has 0 saturated carbocycles. The first-order valence-electron chi connectivity index (χ1n) is 14.9. The van der Waals surface area contributed by atoms with Crippen LogP contribution in [0.4, 0.5) is 9.18 Å². The molecule has 43 heavy (non-hydrogen) atoms. The summed E-state index contributed by atoms with van der Waals surface area (Å²) < 4.78 is 25.3. The monoisotopic (exact) mass is 606 g/mol. The highest BCUT2D eigenvalue weighted by Gasteiger charge is 2.43. The van der Waals surface area contributed by atoms with Crippen molar-refractivity contribution in [3.05, 3.63) is 94.4 Å². The molecule has 226 valence electrons. The number of nitrogens with zero attached hydrogens (tertiary/aromatic N) is 3.